The number of rotatable bonds is 9. The van der Waals surface area contributed by atoms with Crippen molar-refractivity contribution in [3.63, 3.8) is 0 Å². The molecular weight excluding hydrogens is 394 g/mol. The Bertz CT molecular complexity index is 1060. The van der Waals surface area contributed by atoms with Crippen molar-refractivity contribution < 1.29 is 0 Å². The quantitative estimate of drug-likeness (QED) is 0.532. The zero-order valence-electron chi connectivity index (χ0n) is 19.6. The highest BCUT2D eigenvalue weighted by molar-refractivity contribution is 5.46. The topological polar surface area (TPSA) is 68.2 Å². The summed E-state index contributed by atoms with van der Waals surface area (Å²) in [6.07, 6.45) is 13.3. The van der Waals surface area contributed by atoms with Crippen molar-refractivity contribution in [2.75, 3.05) is 6.54 Å². The molecule has 32 heavy (non-hydrogen) atoms. The molecule has 2 saturated carbocycles. The van der Waals surface area contributed by atoms with Gasteiger partial charge in [0.15, 0.2) is 5.65 Å². The Hall–Kier alpha value is -2.10. The normalized spacial score (nSPS) is 26.8. The molecule has 2 aromatic rings. The van der Waals surface area contributed by atoms with Gasteiger partial charge in [0.05, 0.1) is 34.7 Å². The Kier molecular flexibility index (Phi) is 4.96. The lowest BCUT2D eigenvalue weighted by Gasteiger charge is -2.50. The first kappa shape index (κ1) is 20.5. The van der Waals surface area contributed by atoms with E-state index < -0.39 is 0 Å². The molecule has 4 aliphatic rings. The first-order valence-electron chi connectivity index (χ1n) is 13.0. The van der Waals surface area contributed by atoms with Crippen LogP contribution in [0.15, 0.2) is 35.3 Å². The zero-order chi connectivity index (χ0) is 21.9. The van der Waals surface area contributed by atoms with E-state index in [0.717, 1.165) is 49.0 Å². The van der Waals surface area contributed by atoms with Crippen LogP contribution in [-0.2, 0) is 0 Å². The number of imidazole rings is 1. The zero-order valence-corrected chi connectivity index (χ0v) is 19.6. The summed E-state index contributed by atoms with van der Waals surface area (Å²) in [7, 11) is 0. The first-order chi connectivity index (χ1) is 15.7. The molecule has 1 aliphatic heterocycles. The molecular formula is C27H37N5. The summed E-state index contributed by atoms with van der Waals surface area (Å²) in [4.78, 5) is 4.93. The molecule has 0 aromatic carbocycles. The van der Waals surface area contributed by atoms with Gasteiger partial charge in [-0.15, -0.1) is 0 Å². The molecule has 6 rings (SSSR count). The standard InChI is InChI=1S/C27H37N5/c1-3-6-20(27-13-5-14-29-23(27)15-19(27)4-2)21-11-12-24-30-22(16-32(24)31-21)26(28)25(17-7-8-17)18-9-10-18/h11-12,16-18,20,25-26,29H,3-10,13-14,28H2,1-2H3. The molecule has 5 heteroatoms. The predicted octanol–water partition coefficient (Wildman–Crippen LogP) is 5.25. The molecule has 3 aliphatic carbocycles. The fourth-order valence-electron chi connectivity index (χ4n) is 6.81. The SMILES string of the molecule is CCCC(c1ccc2nc(C(N)C(C3CC3)C3CC3)cn2n1)C12CCCNC1=C=C2CC. The Labute approximate surface area is 191 Å². The van der Waals surface area contributed by atoms with Gasteiger partial charge in [0.2, 0.25) is 0 Å². The molecule has 5 nitrogen and oxygen atoms in total. The Morgan fingerprint density at radius 2 is 1.97 bits per heavy atom. The highest BCUT2D eigenvalue weighted by Gasteiger charge is 2.51. The van der Waals surface area contributed by atoms with Crippen LogP contribution < -0.4 is 11.1 Å². The van der Waals surface area contributed by atoms with Crippen molar-refractivity contribution in [3.05, 3.63) is 46.7 Å². The number of nitrogens with one attached hydrogen (secondary N) is 1. The second-order valence-electron chi connectivity index (χ2n) is 10.7. The lowest BCUT2D eigenvalue weighted by Crippen LogP contribution is -2.47. The minimum Gasteiger partial charge on any atom is -0.381 e. The molecule has 1 saturated heterocycles. The highest BCUT2D eigenvalue weighted by Crippen LogP contribution is 2.58. The molecule has 0 amide bonds. The molecule has 2 aromatic heterocycles. The second-order valence-corrected chi connectivity index (χ2v) is 10.7. The third kappa shape index (κ3) is 3.16. The largest absolute Gasteiger partial charge is 0.381 e. The van der Waals surface area contributed by atoms with Crippen LogP contribution in [0.25, 0.3) is 5.65 Å². The van der Waals surface area contributed by atoms with Crippen LogP contribution in [0.1, 0.15) is 95.0 Å². The Balaban J connectivity index is 1.34. The van der Waals surface area contributed by atoms with Crippen molar-refractivity contribution in [3.8, 4) is 0 Å². The van der Waals surface area contributed by atoms with Crippen molar-refractivity contribution >= 4 is 5.65 Å². The van der Waals surface area contributed by atoms with Crippen molar-refractivity contribution in [1.82, 2.24) is 19.9 Å². The van der Waals surface area contributed by atoms with Crippen LogP contribution in [0.5, 0.6) is 0 Å². The van der Waals surface area contributed by atoms with Gasteiger partial charge in [0, 0.05) is 12.5 Å². The van der Waals surface area contributed by atoms with Gasteiger partial charge in [-0.2, -0.15) is 5.10 Å². The summed E-state index contributed by atoms with van der Waals surface area (Å²) < 4.78 is 2.01. The third-order valence-electron chi connectivity index (χ3n) is 8.64. The summed E-state index contributed by atoms with van der Waals surface area (Å²) in [6, 6.07) is 4.43. The summed E-state index contributed by atoms with van der Waals surface area (Å²) in [6.45, 7) is 5.63. The van der Waals surface area contributed by atoms with Gasteiger partial charge in [-0.1, -0.05) is 26.0 Å². The van der Waals surface area contributed by atoms with E-state index in [1.54, 1.807) is 0 Å². The monoisotopic (exact) mass is 431 g/mol. The molecule has 3 fully saturated rings. The van der Waals surface area contributed by atoms with Gasteiger partial charge in [0.1, 0.15) is 0 Å². The lowest BCUT2D eigenvalue weighted by atomic mass is 9.57. The summed E-state index contributed by atoms with van der Waals surface area (Å²) in [5.74, 6) is 2.64. The van der Waals surface area contributed by atoms with Crippen molar-refractivity contribution in [2.45, 2.75) is 83.6 Å². The van der Waals surface area contributed by atoms with E-state index in [4.69, 9.17) is 15.8 Å². The van der Waals surface area contributed by atoms with Crippen LogP contribution >= 0.6 is 0 Å². The van der Waals surface area contributed by atoms with E-state index in [-0.39, 0.29) is 11.5 Å². The Morgan fingerprint density at radius 1 is 1.19 bits per heavy atom. The van der Waals surface area contributed by atoms with E-state index in [2.05, 4.69) is 43.2 Å². The number of aromatic nitrogens is 3. The number of nitrogens with two attached hydrogens (primary N) is 1. The van der Waals surface area contributed by atoms with Crippen LogP contribution in [0.4, 0.5) is 0 Å². The number of piperidine rings is 1. The average Bonchev–Trinajstić information content (AvgIpc) is 3.73. The van der Waals surface area contributed by atoms with E-state index in [1.165, 1.54) is 55.5 Å². The van der Waals surface area contributed by atoms with Crippen LogP contribution in [-0.4, -0.2) is 21.1 Å². The molecule has 0 radical (unpaired) electrons. The predicted molar refractivity (Wildman–Crippen MR) is 127 cm³/mol. The van der Waals surface area contributed by atoms with Gasteiger partial charge in [-0.3, -0.25) is 0 Å². The summed E-state index contributed by atoms with van der Waals surface area (Å²) in [5.41, 5.74) is 16.5. The van der Waals surface area contributed by atoms with Crippen molar-refractivity contribution in [2.24, 2.45) is 28.9 Å². The van der Waals surface area contributed by atoms with Crippen molar-refractivity contribution in [1.29, 1.82) is 0 Å². The van der Waals surface area contributed by atoms with E-state index >= 15 is 0 Å². The minimum atomic E-state index is 0.0449. The fourth-order valence-corrected chi connectivity index (χ4v) is 6.81. The maximum Gasteiger partial charge on any atom is 0.153 e. The van der Waals surface area contributed by atoms with Gasteiger partial charge in [0.25, 0.3) is 0 Å². The minimum absolute atomic E-state index is 0.0449. The molecule has 170 valence electrons. The molecule has 3 N–H and O–H groups in total. The van der Waals surface area contributed by atoms with E-state index in [1.807, 2.05) is 4.52 Å². The van der Waals surface area contributed by atoms with Gasteiger partial charge < -0.3 is 11.1 Å². The van der Waals surface area contributed by atoms with Gasteiger partial charge in [-0.25, -0.2) is 9.50 Å². The fraction of sp³-hybridized carbons (Fsp3) is 0.667. The van der Waals surface area contributed by atoms with Gasteiger partial charge >= 0.3 is 0 Å². The van der Waals surface area contributed by atoms with E-state index in [0.29, 0.717) is 11.8 Å². The smallest absolute Gasteiger partial charge is 0.153 e. The van der Waals surface area contributed by atoms with Crippen LogP contribution in [0.2, 0.25) is 0 Å². The van der Waals surface area contributed by atoms with E-state index in [9.17, 15) is 0 Å². The van der Waals surface area contributed by atoms with Gasteiger partial charge in [-0.05, 0) is 86.8 Å². The molecule has 3 heterocycles. The molecule has 3 unspecified atom stereocenters. The molecule has 0 spiro atoms. The number of fused-ring (bicyclic) bond motifs is 2. The van der Waals surface area contributed by atoms with Crippen LogP contribution in [0, 0.1) is 23.2 Å². The number of hydrogen-bond acceptors (Lipinski definition) is 4. The van der Waals surface area contributed by atoms with Crippen LogP contribution in [0.3, 0.4) is 0 Å². The maximum atomic E-state index is 6.81. The first-order valence-corrected chi connectivity index (χ1v) is 13.0. The Morgan fingerprint density at radius 3 is 2.62 bits per heavy atom. The number of hydrogen-bond donors (Lipinski definition) is 2. The number of nitrogens with zero attached hydrogens (tertiary/aromatic N) is 3. The molecule has 3 atom stereocenters. The summed E-state index contributed by atoms with van der Waals surface area (Å²) >= 11 is 0. The second kappa shape index (κ2) is 7.74. The maximum absolute atomic E-state index is 6.81. The third-order valence-corrected chi connectivity index (χ3v) is 8.64. The highest BCUT2D eigenvalue weighted by atomic mass is 15.3. The lowest BCUT2D eigenvalue weighted by molar-refractivity contribution is 0.223. The average molecular weight is 432 g/mol. The molecule has 0 bridgehead atoms. The summed E-state index contributed by atoms with van der Waals surface area (Å²) in [5, 5.41) is 8.81.